The van der Waals surface area contributed by atoms with Crippen LogP contribution >= 0.6 is 11.6 Å². The minimum Gasteiger partial charge on any atom is -0.342 e. The second-order valence-electron chi connectivity index (χ2n) is 6.07. The minimum atomic E-state index is 0.149. The maximum Gasteiger partial charge on any atom is 0.219 e. The zero-order chi connectivity index (χ0) is 15.1. The van der Waals surface area contributed by atoms with Crippen molar-refractivity contribution in [3.05, 3.63) is 40.7 Å². The lowest BCUT2D eigenvalue weighted by Crippen LogP contribution is -2.47. The van der Waals surface area contributed by atoms with Crippen molar-refractivity contribution in [2.75, 3.05) is 13.1 Å². The van der Waals surface area contributed by atoms with Gasteiger partial charge in [0.25, 0.3) is 0 Å². The first kappa shape index (κ1) is 14.3. The summed E-state index contributed by atoms with van der Waals surface area (Å²) >= 11 is 6.08. The van der Waals surface area contributed by atoms with Gasteiger partial charge in [-0.05, 0) is 28.5 Å². The molecule has 3 rings (SSSR count). The molecular weight excluding hydrogens is 284 g/mol. The largest absolute Gasteiger partial charge is 0.342 e. The molecule has 0 spiro atoms. The van der Waals surface area contributed by atoms with Crippen molar-refractivity contribution >= 4 is 28.3 Å². The molecule has 2 heterocycles. The summed E-state index contributed by atoms with van der Waals surface area (Å²) in [4.78, 5) is 17.5. The molecule has 0 atom stereocenters. The summed E-state index contributed by atoms with van der Waals surface area (Å²) in [6, 6.07) is 6.33. The van der Waals surface area contributed by atoms with E-state index in [2.05, 4.69) is 31.0 Å². The maximum atomic E-state index is 11.4. The number of pyridine rings is 1. The fourth-order valence-corrected chi connectivity index (χ4v) is 3.21. The van der Waals surface area contributed by atoms with Crippen LogP contribution < -0.4 is 0 Å². The lowest BCUT2D eigenvalue weighted by Gasteiger charge is -2.39. The van der Waals surface area contributed by atoms with Crippen LogP contribution in [0.2, 0.25) is 5.15 Å². The first-order chi connectivity index (χ1) is 9.97. The number of hydrogen-bond acceptors (Lipinski definition) is 2. The van der Waals surface area contributed by atoms with E-state index in [1.54, 1.807) is 6.92 Å². The molecule has 1 aromatic heterocycles. The highest BCUT2D eigenvalue weighted by Gasteiger charge is 2.31. The topological polar surface area (TPSA) is 33.2 Å². The van der Waals surface area contributed by atoms with Crippen molar-refractivity contribution in [1.82, 2.24) is 9.88 Å². The van der Waals surface area contributed by atoms with E-state index in [1.807, 2.05) is 17.2 Å². The second-order valence-corrected chi connectivity index (χ2v) is 6.46. The number of aromatic nitrogens is 1. The predicted molar refractivity (Wildman–Crippen MR) is 85.8 cm³/mol. The highest BCUT2D eigenvalue weighted by atomic mass is 35.5. The number of nitrogens with zero attached hydrogens (tertiary/aromatic N) is 2. The van der Waals surface area contributed by atoms with E-state index in [1.165, 1.54) is 21.9 Å². The zero-order valence-corrected chi connectivity index (χ0v) is 13.3. The van der Waals surface area contributed by atoms with Gasteiger partial charge >= 0.3 is 0 Å². The molecule has 1 aromatic carbocycles. The third-order valence-electron chi connectivity index (χ3n) is 4.32. The fourth-order valence-electron chi connectivity index (χ4n) is 3.05. The van der Waals surface area contributed by atoms with Crippen molar-refractivity contribution in [3.63, 3.8) is 0 Å². The molecule has 4 heteroatoms. The van der Waals surface area contributed by atoms with Crippen LogP contribution in [0.4, 0.5) is 0 Å². The van der Waals surface area contributed by atoms with Gasteiger partial charge in [0, 0.05) is 37.5 Å². The molecule has 2 aromatic rings. The van der Waals surface area contributed by atoms with Crippen molar-refractivity contribution in [3.8, 4) is 0 Å². The first-order valence-corrected chi connectivity index (χ1v) is 7.68. The Labute approximate surface area is 129 Å². The molecule has 0 N–H and O–H groups in total. The Morgan fingerprint density at radius 2 is 2.05 bits per heavy atom. The van der Waals surface area contributed by atoms with Gasteiger partial charge in [-0.3, -0.25) is 4.79 Å². The second kappa shape index (κ2) is 5.30. The molecule has 0 radical (unpaired) electrons. The van der Waals surface area contributed by atoms with Crippen LogP contribution in [0, 0.1) is 0 Å². The van der Waals surface area contributed by atoms with Gasteiger partial charge in [0.05, 0.1) is 0 Å². The molecule has 0 unspecified atom stereocenters. The highest BCUT2D eigenvalue weighted by molar-refractivity contribution is 6.30. The Morgan fingerprint density at radius 1 is 1.33 bits per heavy atom. The molecule has 21 heavy (non-hydrogen) atoms. The van der Waals surface area contributed by atoms with Crippen LogP contribution in [0.5, 0.6) is 0 Å². The summed E-state index contributed by atoms with van der Waals surface area (Å²) in [6.45, 7) is 7.59. The molecule has 1 aliphatic heterocycles. The van der Waals surface area contributed by atoms with E-state index in [9.17, 15) is 4.79 Å². The van der Waals surface area contributed by atoms with E-state index in [0.29, 0.717) is 17.0 Å². The summed E-state index contributed by atoms with van der Waals surface area (Å²) in [6.07, 6.45) is 1.87. The summed E-state index contributed by atoms with van der Waals surface area (Å²) in [5.41, 5.74) is 2.57. The third-order valence-corrected chi connectivity index (χ3v) is 4.53. The molecule has 0 saturated carbocycles. The Balaban J connectivity index is 2.05. The zero-order valence-electron chi connectivity index (χ0n) is 12.6. The number of likely N-dealkylation sites (tertiary alicyclic amines) is 1. The predicted octanol–water partition coefficient (Wildman–Crippen LogP) is 3.96. The molecule has 0 aliphatic carbocycles. The number of halogens is 1. The highest BCUT2D eigenvalue weighted by Crippen LogP contribution is 2.36. The van der Waals surface area contributed by atoms with Crippen molar-refractivity contribution in [1.29, 1.82) is 0 Å². The number of hydrogen-bond donors (Lipinski definition) is 0. The molecule has 1 amide bonds. The van der Waals surface area contributed by atoms with E-state index >= 15 is 0 Å². The minimum absolute atomic E-state index is 0.149. The SMILES string of the molecule is CC(=O)N1CC(c2ccc(C(C)C)c3cc(Cl)ncc23)C1. The van der Waals surface area contributed by atoms with Gasteiger partial charge < -0.3 is 4.90 Å². The van der Waals surface area contributed by atoms with Crippen LogP contribution in [0.1, 0.15) is 43.7 Å². The summed E-state index contributed by atoms with van der Waals surface area (Å²) in [7, 11) is 0. The molecule has 1 aliphatic rings. The van der Waals surface area contributed by atoms with Gasteiger partial charge in [-0.15, -0.1) is 0 Å². The van der Waals surface area contributed by atoms with Gasteiger partial charge in [-0.25, -0.2) is 4.98 Å². The standard InChI is InChI=1S/C17H19ClN2O/c1-10(2)13-4-5-14(12-8-20(9-12)11(3)21)16-7-19-17(18)6-15(13)16/h4-7,10,12H,8-9H2,1-3H3. The van der Waals surface area contributed by atoms with Crippen molar-refractivity contribution in [2.45, 2.75) is 32.6 Å². The molecule has 1 fully saturated rings. The summed E-state index contributed by atoms with van der Waals surface area (Å²) < 4.78 is 0. The van der Waals surface area contributed by atoms with Gasteiger partial charge in [-0.1, -0.05) is 37.6 Å². The number of fused-ring (bicyclic) bond motifs is 1. The van der Waals surface area contributed by atoms with E-state index < -0.39 is 0 Å². The smallest absolute Gasteiger partial charge is 0.219 e. The average Bonchev–Trinajstić information content (AvgIpc) is 2.35. The quantitative estimate of drug-likeness (QED) is 0.787. The summed E-state index contributed by atoms with van der Waals surface area (Å²) in [5.74, 6) is 0.992. The van der Waals surface area contributed by atoms with Gasteiger partial charge in [0.15, 0.2) is 0 Å². The molecule has 0 bridgehead atoms. The maximum absolute atomic E-state index is 11.4. The van der Waals surface area contributed by atoms with Crippen molar-refractivity contribution < 1.29 is 4.79 Å². The van der Waals surface area contributed by atoms with Crippen LogP contribution in [0.25, 0.3) is 10.8 Å². The van der Waals surface area contributed by atoms with E-state index in [-0.39, 0.29) is 5.91 Å². The van der Waals surface area contributed by atoms with Crippen LogP contribution in [0.15, 0.2) is 24.4 Å². The van der Waals surface area contributed by atoms with Gasteiger partial charge in [0.2, 0.25) is 5.91 Å². The molecule has 1 saturated heterocycles. The average molecular weight is 303 g/mol. The number of rotatable bonds is 2. The summed E-state index contributed by atoms with van der Waals surface area (Å²) in [5, 5.41) is 2.88. The van der Waals surface area contributed by atoms with Crippen LogP contribution in [0.3, 0.4) is 0 Å². The van der Waals surface area contributed by atoms with Crippen molar-refractivity contribution in [2.24, 2.45) is 0 Å². The first-order valence-electron chi connectivity index (χ1n) is 7.31. The Kier molecular flexibility index (Phi) is 3.62. The number of carbonyl (C=O) groups is 1. The lowest BCUT2D eigenvalue weighted by atomic mass is 9.85. The normalized spacial score (nSPS) is 15.6. The van der Waals surface area contributed by atoms with Gasteiger partial charge in [0.1, 0.15) is 5.15 Å². The Hall–Kier alpha value is -1.61. The van der Waals surface area contributed by atoms with Gasteiger partial charge in [-0.2, -0.15) is 0 Å². The molecular formula is C17H19ClN2O. The number of amides is 1. The molecule has 3 nitrogen and oxygen atoms in total. The Bertz CT molecular complexity index is 705. The lowest BCUT2D eigenvalue weighted by molar-refractivity contribution is -0.133. The Morgan fingerprint density at radius 3 is 2.67 bits per heavy atom. The van der Waals surface area contributed by atoms with Crippen LogP contribution in [-0.2, 0) is 4.79 Å². The van der Waals surface area contributed by atoms with Crippen LogP contribution in [-0.4, -0.2) is 28.9 Å². The number of carbonyl (C=O) groups excluding carboxylic acids is 1. The fraction of sp³-hybridized carbons (Fsp3) is 0.412. The third kappa shape index (κ3) is 2.51. The van der Waals surface area contributed by atoms with E-state index in [0.717, 1.165) is 13.1 Å². The monoisotopic (exact) mass is 302 g/mol. The molecule has 110 valence electrons. The number of benzene rings is 1. The van der Waals surface area contributed by atoms with E-state index in [4.69, 9.17) is 11.6 Å².